The van der Waals surface area contributed by atoms with Crippen LogP contribution in [0.25, 0.3) is 0 Å². The van der Waals surface area contributed by atoms with Crippen LogP contribution in [0.15, 0.2) is 18.2 Å². The second-order valence-corrected chi connectivity index (χ2v) is 7.36. The van der Waals surface area contributed by atoms with Crippen molar-refractivity contribution >= 4 is 27.3 Å². The fraction of sp³-hybridized carbons (Fsp3) is 0.357. The van der Waals surface area contributed by atoms with Crippen molar-refractivity contribution < 1.29 is 13.2 Å². The average Bonchev–Trinajstić information content (AvgIpc) is 2.45. The van der Waals surface area contributed by atoms with E-state index >= 15 is 0 Å². The third-order valence-electron chi connectivity index (χ3n) is 3.17. The predicted molar refractivity (Wildman–Crippen MR) is 81.9 cm³/mol. The number of benzene rings is 1. The van der Waals surface area contributed by atoms with E-state index in [0.717, 1.165) is 0 Å². The van der Waals surface area contributed by atoms with Gasteiger partial charge in [0.15, 0.2) is 9.84 Å². The molecule has 0 bridgehead atoms. The molecule has 1 saturated heterocycles. The van der Waals surface area contributed by atoms with E-state index in [1.165, 1.54) is 4.90 Å². The quantitative estimate of drug-likeness (QED) is 0.763. The Bertz CT molecular complexity index is 705. The highest BCUT2D eigenvalue weighted by molar-refractivity contribution is 7.91. The van der Waals surface area contributed by atoms with Crippen molar-refractivity contribution in [3.63, 3.8) is 0 Å². The third kappa shape index (κ3) is 3.97. The van der Waals surface area contributed by atoms with E-state index in [0.29, 0.717) is 16.1 Å². The number of hydrogen-bond donors (Lipinski definition) is 1. The standard InChI is InChI=1S/C14H15ClN2O3S/c15-13-10-12(4-3-11(13)2-1-5-16)14(18)17-6-8-21(19,20)9-7-17/h3-4,10H,5-9,16H2. The molecular weight excluding hydrogens is 312 g/mol. The number of halogens is 1. The number of carbonyl (C=O) groups excluding carboxylic acids is 1. The largest absolute Gasteiger partial charge is 0.337 e. The first-order valence-corrected chi connectivity index (χ1v) is 8.61. The van der Waals surface area contributed by atoms with Crippen LogP contribution in [0, 0.1) is 11.8 Å². The van der Waals surface area contributed by atoms with Gasteiger partial charge in [0.25, 0.3) is 5.91 Å². The fourth-order valence-electron chi connectivity index (χ4n) is 1.99. The van der Waals surface area contributed by atoms with Crippen LogP contribution in [-0.2, 0) is 9.84 Å². The molecule has 1 aromatic rings. The molecule has 0 saturated carbocycles. The van der Waals surface area contributed by atoms with Crippen molar-refractivity contribution in [2.75, 3.05) is 31.1 Å². The summed E-state index contributed by atoms with van der Waals surface area (Å²) in [5.74, 6) is 5.31. The van der Waals surface area contributed by atoms with Gasteiger partial charge in [-0.3, -0.25) is 4.79 Å². The highest BCUT2D eigenvalue weighted by atomic mass is 35.5. The van der Waals surface area contributed by atoms with Crippen LogP contribution >= 0.6 is 11.6 Å². The molecule has 1 fully saturated rings. The van der Waals surface area contributed by atoms with Gasteiger partial charge in [-0.25, -0.2) is 8.42 Å². The molecule has 21 heavy (non-hydrogen) atoms. The van der Waals surface area contributed by atoms with Gasteiger partial charge in [0.05, 0.1) is 23.1 Å². The molecular formula is C14H15ClN2O3S. The molecule has 0 aliphatic carbocycles. The van der Waals surface area contributed by atoms with E-state index in [4.69, 9.17) is 17.3 Å². The van der Waals surface area contributed by atoms with Gasteiger partial charge in [-0.05, 0) is 18.2 Å². The lowest BCUT2D eigenvalue weighted by atomic mass is 10.1. The minimum Gasteiger partial charge on any atom is -0.337 e. The number of hydrogen-bond acceptors (Lipinski definition) is 4. The number of nitrogens with zero attached hydrogens (tertiary/aromatic N) is 1. The molecule has 1 aromatic carbocycles. The number of nitrogens with two attached hydrogens (primary N) is 1. The summed E-state index contributed by atoms with van der Waals surface area (Å²) >= 11 is 6.08. The molecule has 2 N–H and O–H groups in total. The SMILES string of the molecule is NCC#Cc1ccc(C(=O)N2CCS(=O)(=O)CC2)cc1Cl. The third-order valence-corrected chi connectivity index (χ3v) is 5.09. The van der Waals surface area contributed by atoms with Crippen molar-refractivity contribution in [3.8, 4) is 11.8 Å². The summed E-state index contributed by atoms with van der Waals surface area (Å²) in [6.07, 6.45) is 0. The first-order valence-electron chi connectivity index (χ1n) is 6.41. The smallest absolute Gasteiger partial charge is 0.253 e. The van der Waals surface area contributed by atoms with Crippen molar-refractivity contribution in [2.24, 2.45) is 5.73 Å². The Morgan fingerprint density at radius 3 is 2.57 bits per heavy atom. The van der Waals surface area contributed by atoms with Crippen molar-refractivity contribution in [2.45, 2.75) is 0 Å². The summed E-state index contributed by atoms with van der Waals surface area (Å²) in [7, 11) is -3.01. The molecule has 1 aliphatic heterocycles. The van der Waals surface area contributed by atoms with Crippen LogP contribution < -0.4 is 5.73 Å². The fourth-order valence-corrected chi connectivity index (χ4v) is 3.42. The van der Waals surface area contributed by atoms with E-state index in [1.807, 2.05) is 0 Å². The Morgan fingerprint density at radius 2 is 2.00 bits per heavy atom. The lowest BCUT2D eigenvalue weighted by Gasteiger charge is -2.26. The molecule has 1 aliphatic rings. The van der Waals surface area contributed by atoms with Gasteiger partial charge in [0, 0.05) is 24.2 Å². The molecule has 112 valence electrons. The van der Waals surface area contributed by atoms with Crippen molar-refractivity contribution in [3.05, 3.63) is 34.3 Å². The minimum absolute atomic E-state index is 0.00648. The van der Waals surface area contributed by atoms with Crippen molar-refractivity contribution in [1.82, 2.24) is 4.90 Å². The second kappa shape index (κ2) is 6.48. The maximum absolute atomic E-state index is 12.3. The van der Waals surface area contributed by atoms with Gasteiger partial charge >= 0.3 is 0 Å². The van der Waals surface area contributed by atoms with E-state index in [2.05, 4.69) is 11.8 Å². The van der Waals surface area contributed by atoms with Crippen LogP contribution in [0.4, 0.5) is 0 Å². The first kappa shape index (κ1) is 15.8. The van der Waals surface area contributed by atoms with Crippen LogP contribution in [0.1, 0.15) is 15.9 Å². The Hall–Kier alpha value is -1.55. The topological polar surface area (TPSA) is 80.5 Å². The summed E-state index contributed by atoms with van der Waals surface area (Å²) in [4.78, 5) is 13.8. The van der Waals surface area contributed by atoms with E-state index < -0.39 is 9.84 Å². The van der Waals surface area contributed by atoms with E-state index in [-0.39, 0.29) is 37.0 Å². The van der Waals surface area contributed by atoms with Crippen LogP contribution in [0.3, 0.4) is 0 Å². The zero-order chi connectivity index (χ0) is 15.5. The van der Waals surface area contributed by atoms with E-state index in [9.17, 15) is 13.2 Å². The molecule has 2 rings (SSSR count). The van der Waals surface area contributed by atoms with Gasteiger partial charge in [-0.1, -0.05) is 23.4 Å². The van der Waals surface area contributed by atoms with Crippen molar-refractivity contribution in [1.29, 1.82) is 0 Å². The minimum atomic E-state index is -3.01. The summed E-state index contributed by atoms with van der Waals surface area (Å²) in [5.41, 5.74) is 6.34. The normalized spacial score (nSPS) is 17.0. The maximum atomic E-state index is 12.3. The zero-order valence-corrected chi connectivity index (χ0v) is 12.9. The van der Waals surface area contributed by atoms with Crippen LogP contribution in [0.5, 0.6) is 0 Å². The van der Waals surface area contributed by atoms with E-state index in [1.54, 1.807) is 18.2 Å². The molecule has 7 heteroatoms. The van der Waals surface area contributed by atoms with Gasteiger partial charge in [0.2, 0.25) is 0 Å². The summed E-state index contributed by atoms with van der Waals surface area (Å²) in [5, 5.41) is 0.381. The molecule has 0 spiro atoms. The monoisotopic (exact) mass is 326 g/mol. The summed E-state index contributed by atoms with van der Waals surface area (Å²) < 4.78 is 22.7. The number of amides is 1. The van der Waals surface area contributed by atoms with Crippen LogP contribution in [-0.4, -0.2) is 50.4 Å². The van der Waals surface area contributed by atoms with Gasteiger partial charge in [-0.2, -0.15) is 0 Å². The number of carbonyl (C=O) groups is 1. The van der Waals surface area contributed by atoms with Gasteiger partial charge in [-0.15, -0.1) is 0 Å². The van der Waals surface area contributed by atoms with Gasteiger partial charge < -0.3 is 10.6 Å². The molecule has 0 unspecified atom stereocenters. The lowest BCUT2D eigenvalue weighted by Crippen LogP contribution is -2.43. The first-order chi connectivity index (χ1) is 9.93. The Morgan fingerprint density at radius 1 is 1.33 bits per heavy atom. The summed E-state index contributed by atoms with van der Waals surface area (Å²) in [6.45, 7) is 0.667. The number of rotatable bonds is 1. The number of sulfone groups is 1. The average molecular weight is 327 g/mol. The summed E-state index contributed by atoms with van der Waals surface area (Å²) in [6, 6.07) is 4.85. The molecule has 0 radical (unpaired) electrons. The molecule has 1 amide bonds. The molecule has 1 heterocycles. The highest BCUT2D eigenvalue weighted by Crippen LogP contribution is 2.19. The molecule has 0 aromatic heterocycles. The highest BCUT2D eigenvalue weighted by Gasteiger charge is 2.25. The second-order valence-electron chi connectivity index (χ2n) is 4.64. The Balaban J connectivity index is 2.15. The molecule has 5 nitrogen and oxygen atoms in total. The van der Waals surface area contributed by atoms with Gasteiger partial charge in [0.1, 0.15) is 0 Å². The maximum Gasteiger partial charge on any atom is 0.253 e. The zero-order valence-electron chi connectivity index (χ0n) is 11.3. The lowest BCUT2D eigenvalue weighted by molar-refractivity contribution is 0.0770. The predicted octanol–water partition coefficient (Wildman–Crippen LogP) is 0.521. The molecule has 0 atom stereocenters. The Labute approximate surface area is 129 Å². The Kier molecular flexibility index (Phi) is 4.88. The van der Waals surface area contributed by atoms with Crippen LogP contribution in [0.2, 0.25) is 5.02 Å².